The first-order valence-corrected chi connectivity index (χ1v) is 7.07. The van der Waals surface area contributed by atoms with Crippen molar-refractivity contribution in [2.45, 2.75) is 38.3 Å². The number of hydrogen-bond donors (Lipinski definition) is 3. The van der Waals surface area contributed by atoms with Crippen LogP contribution in [0.4, 0.5) is 18.9 Å². The number of carboxylic acids is 1. The molecule has 5 nitrogen and oxygen atoms in total. The van der Waals surface area contributed by atoms with Crippen molar-refractivity contribution in [3.63, 3.8) is 0 Å². The van der Waals surface area contributed by atoms with Crippen LogP contribution in [0, 0.1) is 6.92 Å². The first-order valence-electron chi connectivity index (χ1n) is 7.07. The molecular formula is C15H19F3N2O3. The van der Waals surface area contributed by atoms with Gasteiger partial charge in [0, 0.05) is 12.2 Å². The van der Waals surface area contributed by atoms with E-state index in [9.17, 15) is 18.0 Å². The van der Waals surface area contributed by atoms with Crippen LogP contribution in [-0.2, 0) is 9.59 Å². The van der Waals surface area contributed by atoms with Gasteiger partial charge in [0.1, 0.15) is 0 Å². The Labute approximate surface area is 131 Å². The Balaban J connectivity index is 0.000000322. The van der Waals surface area contributed by atoms with Crippen LogP contribution in [0.1, 0.15) is 36.3 Å². The minimum atomic E-state index is -5.08. The van der Waals surface area contributed by atoms with Crippen molar-refractivity contribution in [2.24, 2.45) is 0 Å². The number of nitrogen functional groups attached to an aromatic ring is 1. The summed E-state index contributed by atoms with van der Waals surface area (Å²) in [4.78, 5) is 20.8. The van der Waals surface area contributed by atoms with Gasteiger partial charge in [-0.15, -0.1) is 0 Å². The quantitative estimate of drug-likeness (QED) is 0.689. The largest absolute Gasteiger partial charge is 0.490 e. The number of alkyl halides is 3. The normalized spacial score (nSPS) is 18.3. The number of aliphatic carboxylic acids is 1. The van der Waals surface area contributed by atoms with Crippen molar-refractivity contribution in [1.29, 1.82) is 0 Å². The van der Waals surface area contributed by atoms with E-state index in [1.165, 1.54) is 0 Å². The molecule has 23 heavy (non-hydrogen) atoms. The van der Waals surface area contributed by atoms with Gasteiger partial charge in [-0.2, -0.15) is 13.2 Å². The molecule has 0 radical (unpaired) electrons. The number of nitrogens with two attached hydrogens (primary N) is 1. The zero-order valence-electron chi connectivity index (χ0n) is 12.6. The van der Waals surface area contributed by atoms with Crippen LogP contribution in [0.3, 0.4) is 0 Å². The highest BCUT2D eigenvalue weighted by atomic mass is 19.4. The van der Waals surface area contributed by atoms with Gasteiger partial charge in [-0.25, -0.2) is 4.79 Å². The Morgan fingerprint density at radius 1 is 1.35 bits per heavy atom. The number of carboxylic acid groups (broad SMARTS) is 1. The summed E-state index contributed by atoms with van der Waals surface area (Å²) in [5.74, 6) is -2.63. The molecule has 1 aromatic carbocycles. The zero-order valence-corrected chi connectivity index (χ0v) is 12.6. The van der Waals surface area contributed by atoms with E-state index in [4.69, 9.17) is 15.6 Å². The smallest absolute Gasteiger partial charge is 0.475 e. The highest BCUT2D eigenvalue weighted by Gasteiger charge is 2.38. The van der Waals surface area contributed by atoms with E-state index in [1.54, 1.807) is 0 Å². The number of rotatable bonds is 1. The lowest BCUT2D eigenvalue weighted by molar-refractivity contribution is -0.192. The topological polar surface area (TPSA) is 92.4 Å². The van der Waals surface area contributed by atoms with Crippen LogP contribution in [-0.4, -0.2) is 29.7 Å². The Bertz CT molecular complexity index is 574. The maximum Gasteiger partial charge on any atom is 0.490 e. The van der Waals surface area contributed by atoms with Gasteiger partial charge in [0.05, 0.1) is 5.92 Å². The maximum absolute atomic E-state index is 11.9. The molecule has 1 aliphatic rings. The number of halogens is 3. The Hall–Kier alpha value is -2.25. The predicted octanol–water partition coefficient (Wildman–Crippen LogP) is 2.59. The molecule has 4 N–H and O–H groups in total. The number of amides is 1. The van der Waals surface area contributed by atoms with Gasteiger partial charge >= 0.3 is 12.1 Å². The standard InChI is InChI=1S/C13H18N2O.C2HF3O2/c1-9-10(6-4-7-12(9)14)11-5-2-3-8-15-13(11)16;3-2(4,5)1(6)7/h4,6-7,11H,2-3,5,8,14H2,1H3,(H,15,16);(H,6,7)/t11-;/m0./s1. The lowest BCUT2D eigenvalue weighted by Crippen LogP contribution is -2.28. The second-order valence-electron chi connectivity index (χ2n) is 5.20. The van der Waals surface area contributed by atoms with E-state index in [0.29, 0.717) is 0 Å². The second kappa shape index (κ2) is 7.85. The van der Waals surface area contributed by atoms with Gasteiger partial charge in [0.25, 0.3) is 0 Å². The molecule has 128 valence electrons. The fourth-order valence-electron chi connectivity index (χ4n) is 2.29. The van der Waals surface area contributed by atoms with Gasteiger partial charge in [0.15, 0.2) is 0 Å². The Morgan fingerprint density at radius 2 is 1.96 bits per heavy atom. The summed E-state index contributed by atoms with van der Waals surface area (Å²) in [6, 6.07) is 5.82. The van der Waals surface area contributed by atoms with Crippen molar-refractivity contribution in [3.05, 3.63) is 29.3 Å². The van der Waals surface area contributed by atoms with Gasteiger partial charge < -0.3 is 16.2 Å². The molecule has 1 saturated heterocycles. The average molecular weight is 332 g/mol. The summed E-state index contributed by atoms with van der Waals surface area (Å²) in [6.45, 7) is 2.79. The zero-order chi connectivity index (χ0) is 17.6. The lowest BCUT2D eigenvalue weighted by atomic mass is 9.90. The van der Waals surface area contributed by atoms with Crippen molar-refractivity contribution < 1.29 is 27.9 Å². The third kappa shape index (κ3) is 5.46. The highest BCUT2D eigenvalue weighted by molar-refractivity contribution is 5.84. The molecule has 1 amide bonds. The lowest BCUT2D eigenvalue weighted by Gasteiger charge is -2.17. The molecule has 0 bridgehead atoms. The molecule has 1 atom stereocenters. The number of hydrogen-bond acceptors (Lipinski definition) is 3. The van der Waals surface area contributed by atoms with E-state index in [0.717, 1.165) is 42.6 Å². The van der Waals surface area contributed by atoms with Crippen LogP contribution >= 0.6 is 0 Å². The monoisotopic (exact) mass is 332 g/mol. The van der Waals surface area contributed by atoms with Crippen LogP contribution in [0.2, 0.25) is 0 Å². The molecule has 1 aromatic rings. The predicted molar refractivity (Wildman–Crippen MR) is 78.9 cm³/mol. The average Bonchev–Trinajstić information content (AvgIpc) is 2.66. The summed E-state index contributed by atoms with van der Waals surface area (Å²) in [7, 11) is 0. The van der Waals surface area contributed by atoms with Gasteiger partial charge in [-0.3, -0.25) is 4.79 Å². The molecule has 0 unspecified atom stereocenters. The van der Waals surface area contributed by atoms with Crippen LogP contribution in [0.5, 0.6) is 0 Å². The van der Waals surface area contributed by atoms with E-state index in [1.807, 2.05) is 25.1 Å². The minimum absolute atomic E-state index is 0.0222. The minimum Gasteiger partial charge on any atom is -0.475 e. The third-order valence-corrected chi connectivity index (χ3v) is 3.57. The fraction of sp³-hybridized carbons (Fsp3) is 0.467. The van der Waals surface area contributed by atoms with E-state index in [-0.39, 0.29) is 11.8 Å². The molecular weight excluding hydrogens is 313 g/mol. The summed E-state index contributed by atoms with van der Waals surface area (Å²) in [6.07, 6.45) is -1.99. The second-order valence-corrected chi connectivity index (χ2v) is 5.20. The number of benzene rings is 1. The van der Waals surface area contributed by atoms with Crippen molar-refractivity contribution >= 4 is 17.6 Å². The van der Waals surface area contributed by atoms with E-state index < -0.39 is 12.1 Å². The molecule has 0 aromatic heterocycles. The van der Waals surface area contributed by atoms with Crippen LogP contribution in [0.15, 0.2) is 18.2 Å². The van der Waals surface area contributed by atoms with Crippen LogP contribution in [0.25, 0.3) is 0 Å². The first kappa shape index (κ1) is 18.8. The molecule has 1 heterocycles. The number of carbonyl (C=O) groups excluding carboxylic acids is 1. The Morgan fingerprint density at radius 3 is 2.52 bits per heavy atom. The summed E-state index contributed by atoms with van der Waals surface area (Å²) in [5.41, 5.74) is 8.78. The molecule has 2 rings (SSSR count). The summed E-state index contributed by atoms with van der Waals surface area (Å²) < 4.78 is 31.7. The molecule has 1 fully saturated rings. The van der Waals surface area contributed by atoms with Crippen LogP contribution < -0.4 is 11.1 Å². The van der Waals surface area contributed by atoms with Crippen molar-refractivity contribution in [1.82, 2.24) is 5.32 Å². The third-order valence-electron chi connectivity index (χ3n) is 3.57. The first-order chi connectivity index (χ1) is 10.6. The number of anilines is 1. The van der Waals surface area contributed by atoms with Gasteiger partial charge in [0.2, 0.25) is 5.91 Å². The fourth-order valence-corrected chi connectivity index (χ4v) is 2.29. The van der Waals surface area contributed by atoms with Gasteiger partial charge in [-0.1, -0.05) is 18.6 Å². The Kier molecular flexibility index (Phi) is 6.41. The molecule has 1 aliphatic heterocycles. The number of carbonyl (C=O) groups is 2. The van der Waals surface area contributed by atoms with Crippen molar-refractivity contribution in [2.75, 3.05) is 12.3 Å². The molecule has 0 spiro atoms. The van der Waals surface area contributed by atoms with E-state index >= 15 is 0 Å². The maximum atomic E-state index is 11.9. The number of nitrogens with one attached hydrogen (secondary N) is 1. The van der Waals surface area contributed by atoms with Gasteiger partial charge in [-0.05, 0) is 37.0 Å². The van der Waals surface area contributed by atoms with E-state index in [2.05, 4.69) is 5.32 Å². The molecule has 0 aliphatic carbocycles. The highest BCUT2D eigenvalue weighted by Crippen LogP contribution is 2.29. The molecule has 8 heteroatoms. The van der Waals surface area contributed by atoms with Crippen molar-refractivity contribution in [3.8, 4) is 0 Å². The summed E-state index contributed by atoms with van der Waals surface area (Å²) in [5, 5.41) is 10.1. The summed E-state index contributed by atoms with van der Waals surface area (Å²) >= 11 is 0. The SMILES string of the molecule is Cc1c(N)cccc1[C@@H]1CCCCNC1=O.O=C(O)C(F)(F)F. The molecule has 0 saturated carbocycles.